The summed E-state index contributed by atoms with van der Waals surface area (Å²) in [6, 6.07) is 13.0. The van der Waals surface area contributed by atoms with Gasteiger partial charge in [-0.15, -0.1) is 0 Å². The largest absolute Gasteiger partial charge is 0.309 e. The van der Waals surface area contributed by atoms with Gasteiger partial charge in [-0.05, 0) is 56.3 Å². The summed E-state index contributed by atoms with van der Waals surface area (Å²) in [5, 5.41) is 6.93. The summed E-state index contributed by atoms with van der Waals surface area (Å²) in [5.74, 6) is -0.362. The van der Waals surface area contributed by atoms with Crippen molar-refractivity contribution >= 4 is 11.7 Å². The van der Waals surface area contributed by atoms with Crippen molar-refractivity contribution in [1.82, 2.24) is 14.8 Å². The van der Waals surface area contributed by atoms with Crippen molar-refractivity contribution in [2.75, 3.05) is 5.32 Å². The molecule has 0 saturated heterocycles. The number of hydrogen-bond acceptors (Lipinski definition) is 4. The lowest BCUT2D eigenvalue weighted by molar-refractivity contribution is -0.119. The number of nitrogens with one attached hydrogen (secondary N) is 1. The number of pyridine rings is 1. The van der Waals surface area contributed by atoms with Gasteiger partial charge in [0.15, 0.2) is 0 Å². The Bertz CT molecular complexity index is 999. The number of carbonyl (C=O) groups excluding carboxylic acids is 1. The minimum atomic E-state index is -0.842. The van der Waals surface area contributed by atoms with Crippen LogP contribution >= 0.6 is 0 Å². The molecule has 1 amide bonds. The molecule has 132 valence electrons. The molecule has 0 aliphatic heterocycles. The van der Waals surface area contributed by atoms with Gasteiger partial charge >= 0.3 is 0 Å². The predicted molar refractivity (Wildman–Crippen MR) is 96.2 cm³/mol. The van der Waals surface area contributed by atoms with E-state index in [-0.39, 0.29) is 5.82 Å². The van der Waals surface area contributed by atoms with Crippen LogP contribution in [-0.2, 0) is 4.79 Å². The van der Waals surface area contributed by atoms with Crippen LogP contribution in [0.5, 0.6) is 0 Å². The fourth-order valence-corrected chi connectivity index (χ4v) is 2.43. The van der Waals surface area contributed by atoms with Gasteiger partial charge in [-0.25, -0.2) is 14.1 Å². The lowest BCUT2D eigenvalue weighted by Crippen LogP contribution is -2.33. The van der Waals surface area contributed by atoms with Crippen LogP contribution in [0.15, 0.2) is 59.4 Å². The Labute approximate surface area is 149 Å². The van der Waals surface area contributed by atoms with Gasteiger partial charge in [0.25, 0.3) is 5.56 Å². The molecule has 1 aromatic carbocycles. The molecule has 6 nitrogen and oxygen atoms in total. The van der Waals surface area contributed by atoms with Crippen molar-refractivity contribution in [3.05, 3.63) is 76.5 Å². The summed E-state index contributed by atoms with van der Waals surface area (Å²) in [4.78, 5) is 28.8. The van der Waals surface area contributed by atoms with Gasteiger partial charge in [0.1, 0.15) is 17.7 Å². The molecule has 0 fully saturated rings. The van der Waals surface area contributed by atoms with Crippen LogP contribution in [0, 0.1) is 12.7 Å². The maximum absolute atomic E-state index is 13.1. The molecule has 0 bridgehead atoms. The van der Waals surface area contributed by atoms with Crippen molar-refractivity contribution in [3.8, 4) is 11.3 Å². The van der Waals surface area contributed by atoms with Gasteiger partial charge in [0.2, 0.25) is 5.91 Å². The van der Waals surface area contributed by atoms with Crippen molar-refractivity contribution in [1.29, 1.82) is 0 Å². The topological polar surface area (TPSA) is 76.9 Å². The van der Waals surface area contributed by atoms with Gasteiger partial charge in [-0.1, -0.05) is 6.07 Å². The first-order valence-corrected chi connectivity index (χ1v) is 8.04. The van der Waals surface area contributed by atoms with Crippen LogP contribution in [0.4, 0.5) is 10.2 Å². The maximum atomic E-state index is 13.1. The monoisotopic (exact) mass is 352 g/mol. The zero-order valence-electron chi connectivity index (χ0n) is 14.3. The number of carbonyl (C=O) groups is 1. The second-order valence-corrected chi connectivity index (χ2v) is 5.84. The highest BCUT2D eigenvalue weighted by Gasteiger charge is 2.18. The molecule has 1 atom stereocenters. The minimum absolute atomic E-state index is 0.361. The highest BCUT2D eigenvalue weighted by molar-refractivity contribution is 5.92. The third kappa shape index (κ3) is 3.83. The van der Waals surface area contributed by atoms with Crippen molar-refractivity contribution in [2.24, 2.45) is 0 Å². The number of nitrogens with zero attached hydrogens (tertiary/aromatic N) is 3. The van der Waals surface area contributed by atoms with E-state index < -0.39 is 17.5 Å². The zero-order valence-corrected chi connectivity index (χ0v) is 14.3. The van der Waals surface area contributed by atoms with E-state index in [0.717, 1.165) is 10.4 Å². The lowest BCUT2D eigenvalue weighted by Gasteiger charge is -2.15. The van der Waals surface area contributed by atoms with E-state index in [1.165, 1.54) is 18.2 Å². The molecular weight excluding hydrogens is 335 g/mol. The summed E-state index contributed by atoms with van der Waals surface area (Å²) >= 11 is 0. The maximum Gasteiger partial charge on any atom is 0.267 e. The number of amides is 1. The summed E-state index contributed by atoms with van der Waals surface area (Å²) in [6.07, 6.45) is 0. The second-order valence-electron chi connectivity index (χ2n) is 5.84. The molecule has 0 aliphatic carbocycles. The van der Waals surface area contributed by atoms with Crippen LogP contribution in [0.3, 0.4) is 0 Å². The average molecular weight is 352 g/mol. The number of hydrogen-bond donors (Lipinski definition) is 1. The Hall–Kier alpha value is -3.35. The molecule has 3 rings (SSSR count). The van der Waals surface area contributed by atoms with E-state index in [0.29, 0.717) is 17.1 Å². The Balaban J connectivity index is 1.87. The Kier molecular flexibility index (Phi) is 4.88. The highest BCUT2D eigenvalue weighted by atomic mass is 19.1. The molecule has 7 heteroatoms. The third-order valence-electron chi connectivity index (χ3n) is 3.85. The normalized spacial score (nSPS) is 11.8. The number of benzene rings is 1. The van der Waals surface area contributed by atoms with E-state index >= 15 is 0 Å². The van der Waals surface area contributed by atoms with Crippen LogP contribution < -0.4 is 10.9 Å². The predicted octanol–water partition coefficient (Wildman–Crippen LogP) is 2.95. The first kappa shape index (κ1) is 17.5. The average Bonchev–Trinajstić information content (AvgIpc) is 2.62. The quantitative estimate of drug-likeness (QED) is 0.783. The molecule has 0 radical (unpaired) electrons. The summed E-state index contributed by atoms with van der Waals surface area (Å²) in [7, 11) is 0. The number of rotatable bonds is 4. The summed E-state index contributed by atoms with van der Waals surface area (Å²) < 4.78 is 14.2. The second kappa shape index (κ2) is 7.26. The molecule has 2 heterocycles. The van der Waals surface area contributed by atoms with Crippen LogP contribution in [0.2, 0.25) is 0 Å². The minimum Gasteiger partial charge on any atom is -0.309 e. The standard InChI is InChI=1S/C19H17FN4O2/c1-12-4-3-5-17(21-12)22-19(26)13(2)24-18(25)11-10-16(23-24)14-6-8-15(20)9-7-14/h3-11,13H,1-2H3,(H,21,22,26). The van der Waals surface area contributed by atoms with Crippen LogP contribution in [0.1, 0.15) is 18.7 Å². The van der Waals surface area contributed by atoms with E-state index in [9.17, 15) is 14.0 Å². The molecule has 0 spiro atoms. The lowest BCUT2D eigenvalue weighted by atomic mass is 10.1. The fourth-order valence-electron chi connectivity index (χ4n) is 2.43. The molecule has 1 N–H and O–H groups in total. The van der Waals surface area contributed by atoms with Gasteiger partial charge in [0, 0.05) is 17.3 Å². The highest BCUT2D eigenvalue weighted by Crippen LogP contribution is 2.17. The zero-order chi connectivity index (χ0) is 18.7. The first-order valence-electron chi connectivity index (χ1n) is 8.04. The Morgan fingerprint density at radius 1 is 1.12 bits per heavy atom. The van der Waals surface area contributed by atoms with E-state index in [4.69, 9.17) is 0 Å². The first-order chi connectivity index (χ1) is 12.4. The molecule has 26 heavy (non-hydrogen) atoms. The molecule has 1 unspecified atom stereocenters. The Morgan fingerprint density at radius 2 is 1.85 bits per heavy atom. The van der Waals surface area contributed by atoms with Crippen molar-refractivity contribution in [3.63, 3.8) is 0 Å². The van der Waals surface area contributed by atoms with Crippen molar-refractivity contribution in [2.45, 2.75) is 19.9 Å². The number of halogens is 1. The molecule has 3 aromatic rings. The van der Waals surface area contributed by atoms with E-state index in [1.54, 1.807) is 37.3 Å². The molecular formula is C19H17FN4O2. The van der Waals surface area contributed by atoms with Crippen molar-refractivity contribution < 1.29 is 9.18 Å². The summed E-state index contributed by atoms with van der Waals surface area (Å²) in [5.41, 5.74) is 1.48. The number of anilines is 1. The number of aromatic nitrogens is 3. The number of aryl methyl sites for hydroxylation is 1. The summed E-state index contributed by atoms with van der Waals surface area (Å²) in [6.45, 7) is 3.39. The fraction of sp³-hybridized carbons (Fsp3) is 0.158. The van der Waals surface area contributed by atoms with Gasteiger partial charge in [0.05, 0.1) is 5.69 Å². The van der Waals surface area contributed by atoms with Gasteiger partial charge < -0.3 is 5.32 Å². The van der Waals surface area contributed by atoms with E-state index in [2.05, 4.69) is 15.4 Å². The molecule has 2 aromatic heterocycles. The molecule has 0 saturated carbocycles. The smallest absolute Gasteiger partial charge is 0.267 e. The van der Waals surface area contributed by atoms with Gasteiger partial charge in [-0.3, -0.25) is 9.59 Å². The van der Waals surface area contributed by atoms with Crippen LogP contribution in [-0.4, -0.2) is 20.7 Å². The SMILES string of the molecule is Cc1cccc(NC(=O)C(C)n2nc(-c3ccc(F)cc3)ccc2=O)n1. The van der Waals surface area contributed by atoms with E-state index in [1.807, 2.05) is 13.0 Å². The molecule has 0 aliphatic rings. The third-order valence-corrected chi connectivity index (χ3v) is 3.85. The Morgan fingerprint density at radius 3 is 2.54 bits per heavy atom. The van der Waals surface area contributed by atoms with Crippen LogP contribution in [0.25, 0.3) is 11.3 Å². The van der Waals surface area contributed by atoms with Gasteiger partial charge in [-0.2, -0.15) is 5.10 Å².